The first-order valence-electron chi connectivity index (χ1n) is 15.0. The monoisotopic (exact) mass is 621 g/mol. The minimum atomic E-state index is -4.25. The highest BCUT2D eigenvalue weighted by atomic mass is 32.2. The molecule has 3 aromatic rings. The summed E-state index contributed by atoms with van der Waals surface area (Å²) in [6.45, 7) is 5.20. The highest BCUT2D eigenvalue weighted by Gasteiger charge is 2.34. The first-order chi connectivity index (χ1) is 21.0. The summed E-state index contributed by atoms with van der Waals surface area (Å²) in [5.41, 5.74) is 3.12. The standard InChI is InChI=1S/C34H43N3O6S/c1-24-15-17-29(18-16-24)37(44(40,41)30-19-20-31(42-4)32(21-30)43-5)23-33(38)36(22-27-12-10-9-11-25(27)2)26(3)34(39)35-28-13-7-6-8-14-28/h9-12,15-21,26,28H,6-8,13-14,22-23H2,1-5H3,(H,35,39)/t26-/m1/s1. The summed E-state index contributed by atoms with van der Waals surface area (Å²) < 4.78 is 40.2. The Morgan fingerprint density at radius 1 is 0.909 bits per heavy atom. The molecule has 236 valence electrons. The van der Waals surface area contributed by atoms with E-state index >= 15 is 0 Å². The van der Waals surface area contributed by atoms with Crippen molar-refractivity contribution in [3.05, 3.63) is 83.4 Å². The molecule has 0 bridgehead atoms. The number of amides is 2. The number of hydrogen-bond donors (Lipinski definition) is 1. The van der Waals surface area contributed by atoms with Crippen molar-refractivity contribution in [2.75, 3.05) is 25.1 Å². The van der Waals surface area contributed by atoms with Crippen LogP contribution in [-0.2, 0) is 26.2 Å². The van der Waals surface area contributed by atoms with Crippen molar-refractivity contribution in [2.24, 2.45) is 0 Å². The van der Waals surface area contributed by atoms with E-state index in [4.69, 9.17) is 9.47 Å². The second-order valence-electron chi connectivity index (χ2n) is 11.3. The van der Waals surface area contributed by atoms with Crippen LogP contribution in [0.1, 0.15) is 55.7 Å². The molecule has 3 aromatic carbocycles. The van der Waals surface area contributed by atoms with Gasteiger partial charge in [-0.3, -0.25) is 13.9 Å². The summed E-state index contributed by atoms with van der Waals surface area (Å²) in [6.07, 6.45) is 5.10. The Bertz CT molecular complexity index is 1550. The predicted molar refractivity (Wildman–Crippen MR) is 171 cm³/mol. The van der Waals surface area contributed by atoms with E-state index in [1.807, 2.05) is 38.1 Å². The fourth-order valence-corrected chi connectivity index (χ4v) is 6.90. The maximum Gasteiger partial charge on any atom is 0.264 e. The maximum absolute atomic E-state index is 14.2. The fourth-order valence-electron chi connectivity index (χ4n) is 5.47. The molecule has 1 N–H and O–H groups in total. The molecular weight excluding hydrogens is 578 g/mol. The van der Waals surface area contributed by atoms with Crippen molar-refractivity contribution in [1.82, 2.24) is 10.2 Å². The summed E-state index contributed by atoms with van der Waals surface area (Å²) in [5.74, 6) is -0.114. The Morgan fingerprint density at radius 2 is 1.57 bits per heavy atom. The zero-order valence-corrected chi connectivity index (χ0v) is 27.0. The van der Waals surface area contributed by atoms with E-state index in [1.165, 1.54) is 37.3 Å². The van der Waals surface area contributed by atoms with Gasteiger partial charge in [0, 0.05) is 18.7 Å². The van der Waals surface area contributed by atoms with Crippen LogP contribution in [0.3, 0.4) is 0 Å². The number of benzene rings is 3. The zero-order valence-electron chi connectivity index (χ0n) is 26.2. The molecule has 0 heterocycles. The zero-order chi connectivity index (χ0) is 31.9. The molecule has 0 aliphatic heterocycles. The minimum Gasteiger partial charge on any atom is -0.493 e. The lowest BCUT2D eigenvalue weighted by molar-refractivity contribution is -0.139. The minimum absolute atomic E-state index is 0.0583. The van der Waals surface area contributed by atoms with Crippen molar-refractivity contribution in [1.29, 1.82) is 0 Å². The molecule has 1 saturated carbocycles. The third-order valence-corrected chi connectivity index (χ3v) is 10.0. The van der Waals surface area contributed by atoms with Crippen molar-refractivity contribution in [2.45, 2.75) is 76.4 Å². The molecule has 1 atom stereocenters. The highest BCUT2D eigenvalue weighted by Crippen LogP contribution is 2.32. The van der Waals surface area contributed by atoms with Crippen molar-refractivity contribution >= 4 is 27.5 Å². The molecule has 10 heteroatoms. The highest BCUT2D eigenvalue weighted by molar-refractivity contribution is 7.92. The van der Waals surface area contributed by atoms with E-state index in [0.29, 0.717) is 11.4 Å². The largest absolute Gasteiger partial charge is 0.493 e. The summed E-state index contributed by atoms with van der Waals surface area (Å²) in [5, 5.41) is 3.13. The van der Waals surface area contributed by atoms with Gasteiger partial charge in [0.1, 0.15) is 12.6 Å². The van der Waals surface area contributed by atoms with Crippen LogP contribution < -0.4 is 19.1 Å². The topological polar surface area (TPSA) is 105 Å². The number of rotatable bonds is 12. The Kier molecular flexibility index (Phi) is 10.9. The predicted octanol–water partition coefficient (Wildman–Crippen LogP) is 5.38. The Labute approximate surface area is 261 Å². The number of sulfonamides is 1. The number of nitrogens with one attached hydrogen (secondary N) is 1. The summed E-state index contributed by atoms with van der Waals surface area (Å²) in [7, 11) is -1.35. The van der Waals surface area contributed by atoms with E-state index < -0.39 is 28.5 Å². The van der Waals surface area contributed by atoms with Gasteiger partial charge in [0.15, 0.2) is 11.5 Å². The number of carbonyl (C=O) groups excluding carboxylic acids is 2. The van der Waals surface area contributed by atoms with Gasteiger partial charge in [-0.05, 0) is 69.0 Å². The molecule has 0 unspecified atom stereocenters. The van der Waals surface area contributed by atoms with E-state index in [9.17, 15) is 18.0 Å². The molecule has 1 aliphatic carbocycles. The van der Waals surface area contributed by atoms with Crippen LogP contribution in [0.5, 0.6) is 11.5 Å². The second-order valence-corrected chi connectivity index (χ2v) is 13.2. The van der Waals surface area contributed by atoms with Gasteiger partial charge >= 0.3 is 0 Å². The van der Waals surface area contributed by atoms with E-state index in [-0.39, 0.29) is 29.1 Å². The van der Waals surface area contributed by atoms with Crippen LogP contribution in [0.15, 0.2) is 71.6 Å². The SMILES string of the molecule is COc1ccc(S(=O)(=O)N(CC(=O)N(Cc2ccccc2C)[C@H](C)C(=O)NC2CCCCC2)c2ccc(C)cc2)cc1OC. The second kappa shape index (κ2) is 14.6. The van der Waals surface area contributed by atoms with Crippen molar-refractivity contribution < 1.29 is 27.5 Å². The molecule has 4 rings (SSSR count). The lowest BCUT2D eigenvalue weighted by atomic mass is 9.95. The molecule has 0 aromatic heterocycles. The quantitative estimate of drug-likeness (QED) is 0.291. The first-order valence-corrected chi connectivity index (χ1v) is 16.4. The molecular formula is C34H43N3O6S. The van der Waals surface area contributed by atoms with Gasteiger partial charge in [0.2, 0.25) is 11.8 Å². The number of methoxy groups -OCH3 is 2. The normalized spacial score (nSPS) is 14.4. The van der Waals surface area contributed by atoms with Crippen molar-refractivity contribution in [3.63, 3.8) is 0 Å². The molecule has 2 amide bonds. The van der Waals surface area contributed by atoms with Crippen molar-refractivity contribution in [3.8, 4) is 11.5 Å². The lowest BCUT2D eigenvalue weighted by Gasteiger charge is -2.33. The van der Waals surface area contributed by atoms with Gasteiger partial charge in [0.05, 0.1) is 24.8 Å². The lowest BCUT2D eigenvalue weighted by Crippen LogP contribution is -2.53. The summed E-state index contributed by atoms with van der Waals surface area (Å²) in [6, 6.07) is 18.2. The molecule has 0 radical (unpaired) electrons. The van der Waals surface area contributed by atoms with Gasteiger partial charge in [-0.15, -0.1) is 0 Å². The van der Waals surface area contributed by atoms with Crippen LogP contribution in [0.2, 0.25) is 0 Å². The number of hydrogen-bond acceptors (Lipinski definition) is 6. The Hall–Kier alpha value is -4.05. The molecule has 0 spiro atoms. The molecule has 1 aliphatic rings. The van der Waals surface area contributed by atoms with Crippen LogP contribution in [0, 0.1) is 13.8 Å². The van der Waals surface area contributed by atoms with Crippen LogP contribution in [0.25, 0.3) is 0 Å². The molecule has 0 saturated heterocycles. The van der Waals surface area contributed by atoms with E-state index in [2.05, 4.69) is 5.32 Å². The third kappa shape index (κ3) is 7.72. The fraction of sp³-hybridized carbons (Fsp3) is 0.412. The third-order valence-electron chi connectivity index (χ3n) is 8.26. The van der Waals surface area contributed by atoms with E-state index in [0.717, 1.165) is 53.1 Å². The average molecular weight is 622 g/mol. The first kappa shape index (κ1) is 32.9. The smallest absolute Gasteiger partial charge is 0.264 e. The molecule has 44 heavy (non-hydrogen) atoms. The number of nitrogens with zero attached hydrogens (tertiary/aromatic N) is 2. The number of ether oxygens (including phenoxy) is 2. The van der Waals surface area contributed by atoms with Crippen LogP contribution in [-0.4, -0.2) is 58.0 Å². The van der Waals surface area contributed by atoms with Crippen LogP contribution in [0.4, 0.5) is 5.69 Å². The van der Waals surface area contributed by atoms with Gasteiger partial charge in [-0.2, -0.15) is 0 Å². The van der Waals surface area contributed by atoms with Gasteiger partial charge < -0.3 is 19.7 Å². The Morgan fingerprint density at radius 3 is 2.20 bits per heavy atom. The Balaban J connectivity index is 1.71. The number of carbonyl (C=O) groups is 2. The number of anilines is 1. The molecule has 1 fully saturated rings. The van der Waals surface area contributed by atoms with Crippen LogP contribution >= 0.6 is 0 Å². The van der Waals surface area contributed by atoms with Gasteiger partial charge in [-0.1, -0.05) is 61.2 Å². The number of aryl methyl sites for hydroxylation is 2. The van der Waals surface area contributed by atoms with Gasteiger partial charge in [-0.25, -0.2) is 8.42 Å². The maximum atomic E-state index is 14.2. The summed E-state index contributed by atoms with van der Waals surface area (Å²) >= 11 is 0. The van der Waals surface area contributed by atoms with Gasteiger partial charge in [0.25, 0.3) is 10.0 Å². The summed E-state index contributed by atoms with van der Waals surface area (Å²) in [4.78, 5) is 29.2. The average Bonchev–Trinajstić information content (AvgIpc) is 3.03. The van der Waals surface area contributed by atoms with E-state index in [1.54, 1.807) is 31.2 Å². The molecule has 9 nitrogen and oxygen atoms in total.